The molecule has 2 aliphatic heterocycles. The lowest BCUT2D eigenvalue weighted by Gasteiger charge is -2.46. The van der Waals surface area contributed by atoms with Gasteiger partial charge < -0.3 is 19.4 Å². The summed E-state index contributed by atoms with van der Waals surface area (Å²) in [5.41, 5.74) is 0.767. The largest absolute Gasteiger partial charge is 0.487 e. The molecule has 2 amide bonds. The first kappa shape index (κ1) is 19.6. The van der Waals surface area contributed by atoms with Gasteiger partial charge in [-0.3, -0.25) is 9.59 Å². The van der Waals surface area contributed by atoms with Crippen molar-refractivity contribution in [3.63, 3.8) is 0 Å². The number of nitrogens with zero attached hydrogens (tertiary/aromatic N) is 1. The van der Waals surface area contributed by atoms with E-state index in [1.54, 1.807) is 12.1 Å². The molecule has 3 heterocycles. The van der Waals surface area contributed by atoms with Crippen LogP contribution < -0.4 is 10.1 Å². The summed E-state index contributed by atoms with van der Waals surface area (Å²) in [7, 11) is 0. The van der Waals surface area contributed by atoms with Crippen molar-refractivity contribution < 1.29 is 18.7 Å². The zero-order valence-electron chi connectivity index (χ0n) is 17.0. The number of ether oxygens (including phenoxy) is 1. The van der Waals surface area contributed by atoms with Crippen LogP contribution in [-0.4, -0.2) is 41.4 Å². The quantitative estimate of drug-likeness (QED) is 0.855. The first-order chi connectivity index (χ1) is 14.0. The second-order valence-corrected chi connectivity index (χ2v) is 8.42. The number of rotatable bonds is 4. The average molecular weight is 396 g/mol. The molecule has 0 radical (unpaired) electrons. The van der Waals surface area contributed by atoms with E-state index in [2.05, 4.69) is 11.4 Å². The first-order valence-corrected chi connectivity index (χ1v) is 10.4. The highest BCUT2D eigenvalue weighted by molar-refractivity contribution is 5.91. The van der Waals surface area contributed by atoms with Gasteiger partial charge in [0.15, 0.2) is 5.76 Å². The Morgan fingerprint density at radius 3 is 2.62 bits per heavy atom. The van der Waals surface area contributed by atoms with Crippen molar-refractivity contribution in [3.8, 4) is 5.75 Å². The van der Waals surface area contributed by atoms with Gasteiger partial charge in [-0.1, -0.05) is 18.2 Å². The van der Waals surface area contributed by atoms with Crippen LogP contribution in [0.1, 0.15) is 61.6 Å². The number of piperidine rings is 1. The number of carbonyl (C=O) groups is 2. The second kappa shape index (κ2) is 7.93. The van der Waals surface area contributed by atoms with Gasteiger partial charge in [-0.15, -0.1) is 0 Å². The van der Waals surface area contributed by atoms with E-state index in [0.717, 1.165) is 30.6 Å². The summed E-state index contributed by atoms with van der Waals surface area (Å²) in [6.45, 7) is 5.19. The van der Waals surface area contributed by atoms with Crippen molar-refractivity contribution in [1.82, 2.24) is 10.2 Å². The Morgan fingerprint density at radius 2 is 1.93 bits per heavy atom. The van der Waals surface area contributed by atoms with E-state index in [9.17, 15) is 9.59 Å². The lowest BCUT2D eigenvalue weighted by atomic mass is 9.76. The van der Waals surface area contributed by atoms with Gasteiger partial charge in [0.05, 0.1) is 6.26 Å². The Hall–Kier alpha value is -2.76. The molecule has 4 rings (SSSR count). The fraction of sp³-hybridized carbons (Fsp3) is 0.478. The van der Waals surface area contributed by atoms with E-state index in [1.165, 1.54) is 6.26 Å². The number of hydrogen-bond acceptors (Lipinski definition) is 4. The van der Waals surface area contributed by atoms with Crippen molar-refractivity contribution >= 4 is 11.8 Å². The summed E-state index contributed by atoms with van der Waals surface area (Å²) in [5.74, 6) is 1.35. The number of amides is 2. The predicted octanol–water partition coefficient (Wildman–Crippen LogP) is 3.74. The molecular weight excluding hydrogens is 368 g/mol. The van der Waals surface area contributed by atoms with Gasteiger partial charge in [0.1, 0.15) is 11.4 Å². The lowest BCUT2D eigenvalue weighted by Crippen LogP contribution is -2.52. The third kappa shape index (κ3) is 4.16. The molecule has 0 bridgehead atoms. The third-order valence-electron chi connectivity index (χ3n) is 5.88. The molecule has 154 valence electrons. The maximum absolute atomic E-state index is 12.6. The molecule has 0 saturated carbocycles. The number of furan rings is 1. The van der Waals surface area contributed by atoms with E-state index in [-0.39, 0.29) is 29.4 Å². The maximum atomic E-state index is 12.6. The number of likely N-dealkylation sites (tertiary alicyclic amines) is 1. The fourth-order valence-electron chi connectivity index (χ4n) is 4.51. The molecule has 6 heteroatoms. The standard InChI is InChI=1S/C23H28N2O4/c1-16(2)24-21(26)14-17-15-23(29-19-7-4-3-6-18(17)19)9-11-25(12-10-23)22(27)20-8-5-13-28-20/h3-8,13,16-17H,9-12,14-15H2,1-2H3,(H,24,26)/t17-/m1/s1. The normalized spacial score (nSPS) is 20.2. The van der Waals surface area contributed by atoms with Crippen molar-refractivity contribution in [3.05, 3.63) is 54.0 Å². The van der Waals surface area contributed by atoms with E-state index in [4.69, 9.17) is 9.15 Å². The summed E-state index contributed by atoms with van der Waals surface area (Å²) in [6, 6.07) is 11.6. The number of benzene rings is 1. The number of hydrogen-bond donors (Lipinski definition) is 1. The van der Waals surface area contributed by atoms with Gasteiger partial charge in [0.2, 0.25) is 5.91 Å². The van der Waals surface area contributed by atoms with Gasteiger partial charge in [0, 0.05) is 44.3 Å². The highest BCUT2D eigenvalue weighted by atomic mass is 16.5. The Kier molecular flexibility index (Phi) is 5.35. The molecule has 1 fully saturated rings. The number of nitrogens with one attached hydrogen (secondary N) is 1. The van der Waals surface area contributed by atoms with Crippen LogP contribution in [0.2, 0.25) is 0 Å². The summed E-state index contributed by atoms with van der Waals surface area (Å²) in [5, 5.41) is 3.01. The van der Waals surface area contributed by atoms with Crippen LogP contribution in [0, 0.1) is 0 Å². The van der Waals surface area contributed by atoms with Crippen LogP contribution in [0.25, 0.3) is 0 Å². The minimum absolute atomic E-state index is 0.0716. The van der Waals surface area contributed by atoms with E-state index in [1.807, 2.05) is 36.9 Å². The van der Waals surface area contributed by atoms with Gasteiger partial charge in [-0.2, -0.15) is 0 Å². The molecular formula is C23H28N2O4. The molecule has 1 aromatic carbocycles. The summed E-state index contributed by atoms with van der Waals surface area (Å²) in [6.07, 6.45) is 4.26. The second-order valence-electron chi connectivity index (χ2n) is 8.42. The molecule has 1 atom stereocenters. The van der Waals surface area contributed by atoms with Crippen molar-refractivity contribution in [2.45, 2.75) is 57.1 Å². The van der Waals surface area contributed by atoms with Crippen molar-refractivity contribution in [1.29, 1.82) is 0 Å². The molecule has 1 spiro atoms. The molecule has 29 heavy (non-hydrogen) atoms. The molecule has 1 N–H and O–H groups in total. The predicted molar refractivity (Wildman–Crippen MR) is 109 cm³/mol. The van der Waals surface area contributed by atoms with Crippen LogP contribution in [0.4, 0.5) is 0 Å². The lowest BCUT2D eigenvalue weighted by molar-refractivity contribution is -0.122. The van der Waals surface area contributed by atoms with E-state index in [0.29, 0.717) is 25.3 Å². The van der Waals surface area contributed by atoms with E-state index >= 15 is 0 Å². The van der Waals surface area contributed by atoms with Crippen LogP contribution in [0.15, 0.2) is 47.1 Å². The van der Waals surface area contributed by atoms with Crippen molar-refractivity contribution in [2.24, 2.45) is 0 Å². The van der Waals surface area contributed by atoms with Crippen molar-refractivity contribution in [2.75, 3.05) is 13.1 Å². The van der Waals surface area contributed by atoms with Crippen LogP contribution in [0.3, 0.4) is 0 Å². The Labute approximate surface area is 171 Å². The summed E-state index contributed by atoms with van der Waals surface area (Å²) >= 11 is 0. The average Bonchev–Trinajstić information content (AvgIpc) is 3.22. The zero-order valence-corrected chi connectivity index (χ0v) is 17.0. The third-order valence-corrected chi connectivity index (χ3v) is 5.88. The molecule has 0 unspecified atom stereocenters. The highest BCUT2D eigenvalue weighted by Crippen LogP contribution is 2.46. The Morgan fingerprint density at radius 1 is 1.17 bits per heavy atom. The monoisotopic (exact) mass is 396 g/mol. The van der Waals surface area contributed by atoms with Gasteiger partial charge in [-0.05, 0) is 44.0 Å². The maximum Gasteiger partial charge on any atom is 0.289 e. The van der Waals surface area contributed by atoms with Crippen LogP contribution >= 0.6 is 0 Å². The first-order valence-electron chi connectivity index (χ1n) is 10.4. The van der Waals surface area contributed by atoms with Gasteiger partial charge >= 0.3 is 0 Å². The minimum Gasteiger partial charge on any atom is -0.487 e. The molecule has 1 saturated heterocycles. The Bertz CT molecular complexity index is 867. The number of fused-ring (bicyclic) bond motifs is 1. The minimum atomic E-state index is -0.336. The van der Waals surface area contributed by atoms with Gasteiger partial charge in [-0.25, -0.2) is 0 Å². The van der Waals surface area contributed by atoms with E-state index < -0.39 is 0 Å². The molecule has 0 aliphatic carbocycles. The van der Waals surface area contributed by atoms with Crippen LogP contribution in [0.5, 0.6) is 5.75 Å². The smallest absolute Gasteiger partial charge is 0.289 e. The molecule has 6 nitrogen and oxygen atoms in total. The highest BCUT2D eigenvalue weighted by Gasteiger charge is 2.44. The molecule has 2 aromatic rings. The number of carbonyl (C=O) groups excluding carboxylic acids is 2. The zero-order chi connectivity index (χ0) is 20.4. The van der Waals surface area contributed by atoms with Crippen LogP contribution in [-0.2, 0) is 4.79 Å². The van der Waals surface area contributed by atoms with Gasteiger partial charge in [0.25, 0.3) is 5.91 Å². The summed E-state index contributed by atoms with van der Waals surface area (Å²) in [4.78, 5) is 26.9. The molecule has 1 aromatic heterocycles. The fourth-order valence-corrected chi connectivity index (χ4v) is 4.51. The Balaban J connectivity index is 1.49. The SMILES string of the molecule is CC(C)NC(=O)C[C@@H]1CC2(CCN(C(=O)c3ccco3)CC2)Oc2ccccc21. The summed E-state index contributed by atoms with van der Waals surface area (Å²) < 4.78 is 11.7. The number of para-hydroxylation sites is 1. The molecule has 2 aliphatic rings. The topological polar surface area (TPSA) is 71.8 Å².